The predicted octanol–water partition coefficient (Wildman–Crippen LogP) is 6.03. The van der Waals surface area contributed by atoms with E-state index in [2.05, 4.69) is 6.07 Å². The van der Waals surface area contributed by atoms with Gasteiger partial charge in [0, 0.05) is 11.0 Å². The Morgan fingerprint density at radius 1 is 1.00 bits per heavy atom. The zero-order chi connectivity index (χ0) is 15.1. The van der Waals surface area contributed by atoms with Gasteiger partial charge in [-0.3, -0.25) is 10.1 Å². The van der Waals surface area contributed by atoms with Crippen LogP contribution < -0.4 is 0 Å². The summed E-state index contributed by atoms with van der Waals surface area (Å²) >= 11 is 1.44. The second-order valence-corrected chi connectivity index (χ2v) is 5.18. The number of nitro groups is 1. The fourth-order valence-electron chi connectivity index (χ4n) is 1.73. The molecule has 4 heteroatoms. The van der Waals surface area contributed by atoms with Crippen LogP contribution in [-0.2, 0) is 0 Å². The number of nitrogens with zero attached hydrogens (tertiary/aromatic N) is 1. The summed E-state index contributed by atoms with van der Waals surface area (Å²) in [7, 11) is 0. The van der Waals surface area contributed by atoms with Crippen molar-refractivity contribution in [3.63, 3.8) is 0 Å². The summed E-state index contributed by atoms with van der Waals surface area (Å²) in [4.78, 5) is 12.3. The third-order valence-electron chi connectivity index (χ3n) is 2.61. The van der Waals surface area contributed by atoms with Gasteiger partial charge in [-0.05, 0) is 31.5 Å². The SMILES string of the molecule is C.CC.Cc1ccc(Sc2ccccc2[N+](=O)[O-])c(C)c1. The molecule has 2 aromatic carbocycles. The van der Waals surface area contributed by atoms with Gasteiger partial charge in [0.2, 0.25) is 0 Å². The van der Waals surface area contributed by atoms with Gasteiger partial charge in [0.15, 0.2) is 0 Å². The monoisotopic (exact) mass is 305 g/mol. The first-order valence-corrected chi connectivity index (χ1v) is 7.38. The van der Waals surface area contributed by atoms with Gasteiger partial charge in [-0.15, -0.1) is 0 Å². The molecule has 0 spiro atoms. The molecular formula is C17H23NO2S. The number of para-hydroxylation sites is 1. The van der Waals surface area contributed by atoms with Crippen molar-refractivity contribution in [1.82, 2.24) is 0 Å². The Kier molecular flexibility index (Phi) is 8.39. The van der Waals surface area contributed by atoms with Crippen LogP contribution in [0.2, 0.25) is 0 Å². The molecule has 2 rings (SSSR count). The van der Waals surface area contributed by atoms with Crippen LogP contribution >= 0.6 is 11.8 Å². The lowest BCUT2D eigenvalue weighted by Gasteiger charge is -2.06. The zero-order valence-electron chi connectivity index (χ0n) is 12.2. The fourth-order valence-corrected chi connectivity index (χ4v) is 2.71. The Hall–Kier alpha value is -1.81. The summed E-state index contributed by atoms with van der Waals surface area (Å²) in [5.74, 6) is 0. The summed E-state index contributed by atoms with van der Waals surface area (Å²) in [6.07, 6.45) is 0. The average Bonchev–Trinajstić information content (AvgIpc) is 2.44. The van der Waals surface area contributed by atoms with Crippen molar-refractivity contribution in [3.8, 4) is 0 Å². The fraction of sp³-hybridized carbons (Fsp3) is 0.294. The lowest BCUT2D eigenvalue weighted by molar-refractivity contribution is -0.387. The topological polar surface area (TPSA) is 43.1 Å². The van der Waals surface area contributed by atoms with Gasteiger partial charge in [0.05, 0.1) is 9.82 Å². The Morgan fingerprint density at radius 2 is 1.62 bits per heavy atom. The number of aryl methyl sites for hydroxylation is 2. The quantitative estimate of drug-likeness (QED) is 0.514. The summed E-state index contributed by atoms with van der Waals surface area (Å²) in [5.41, 5.74) is 2.49. The molecular weight excluding hydrogens is 282 g/mol. The molecule has 0 saturated carbocycles. The maximum Gasteiger partial charge on any atom is 0.283 e. The second kappa shape index (κ2) is 9.19. The minimum atomic E-state index is -0.341. The molecule has 0 aromatic heterocycles. The van der Waals surface area contributed by atoms with Gasteiger partial charge < -0.3 is 0 Å². The summed E-state index contributed by atoms with van der Waals surface area (Å²) < 4.78 is 0. The highest BCUT2D eigenvalue weighted by Gasteiger charge is 2.14. The Labute approximate surface area is 131 Å². The summed E-state index contributed by atoms with van der Waals surface area (Å²) in [5, 5.41) is 10.9. The minimum absolute atomic E-state index is 0. The molecule has 0 amide bonds. The third kappa shape index (κ3) is 5.23. The van der Waals surface area contributed by atoms with Gasteiger partial charge in [-0.2, -0.15) is 0 Å². The van der Waals surface area contributed by atoms with E-state index in [9.17, 15) is 10.1 Å². The molecule has 0 bridgehead atoms. The molecule has 0 atom stereocenters. The number of rotatable bonds is 3. The Bertz CT molecular complexity index is 597. The van der Waals surface area contributed by atoms with Crippen molar-refractivity contribution < 1.29 is 4.92 Å². The minimum Gasteiger partial charge on any atom is -0.258 e. The molecule has 0 heterocycles. The van der Waals surface area contributed by atoms with Crippen LogP contribution in [0.3, 0.4) is 0 Å². The van der Waals surface area contributed by atoms with Crippen LogP contribution in [0.5, 0.6) is 0 Å². The van der Waals surface area contributed by atoms with Crippen LogP contribution in [0.1, 0.15) is 32.4 Å². The van der Waals surface area contributed by atoms with Crippen molar-refractivity contribution in [3.05, 3.63) is 63.7 Å². The second-order valence-electron chi connectivity index (χ2n) is 4.10. The molecule has 3 nitrogen and oxygen atoms in total. The Balaban J connectivity index is 0.00000128. The van der Waals surface area contributed by atoms with Gasteiger partial charge in [0.1, 0.15) is 0 Å². The highest BCUT2D eigenvalue weighted by atomic mass is 32.2. The molecule has 0 aliphatic rings. The largest absolute Gasteiger partial charge is 0.283 e. The van der Waals surface area contributed by atoms with Crippen LogP contribution in [0.4, 0.5) is 5.69 Å². The van der Waals surface area contributed by atoms with Gasteiger partial charge in [-0.1, -0.05) is 62.9 Å². The third-order valence-corrected chi connectivity index (χ3v) is 3.86. The number of hydrogen-bond acceptors (Lipinski definition) is 3. The molecule has 0 saturated heterocycles. The standard InChI is InChI=1S/C14H13NO2S.C2H6.CH4/c1-10-7-8-13(11(2)9-10)18-14-6-4-3-5-12(14)15(16)17;1-2;/h3-9H,1-2H3;1-2H3;1H4. The van der Waals surface area contributed by atoms with Gasteiger partial charge in [0.25, 0.3) is 5.69 Å². The van der Waals surface area contributed by atoms with E-state index in [0.717, 1.165) is 10.5 Å². The molecule has 0 radical (unpaired) electrons. The summed E-state index contributed by atoms with van der Waals surface area (Å²) in [6, 6.07) is 12.9. The number of benzene rings is 2. The van der Waals surface area contributed by atoms with E-state index in [1.807, 2.05) is 45.9 Å². The maximum atomic E-state index is 10.9. The van der Waals surface area contributed by atoms with E-state index in [-0.39, 0.29) is 18.0 Å². The van der Waals surface area contributed by atoms with E-state index in [1.54, 1.807) is 12.1 Å². The Morgan fingerprint density at radius 3 is 2.19 bits per heavy atom. The van der Waals surface area contributed by atoms with E-state index in [4.69, 9.17) is 0 Å². The lowest BCUT2D eigenvalue weighted by atomic mass is 10.2. The van der Waals surface area contributed by atoms with Crippen molar-refractivity contribution >= 4 is 17.4 Å². The van der Waals surface area contributed by atoms with Crippen LogP contribution in [0, 0.1) is 24.0 Å². The molecule has 0 unspecified atom stereocenters. The first-order chi connectivity index (χ1) is 9.58. The lowest BCUT2D eigenvalue weighted by Crippen LogP contribution is -1.90. The van der Waals surface area contributed by atoms with Crippen LogP contribution in [-0.4, -0.2) is 4.92 Å². The molecule has 0 aliphatic carbocycles. The number of hydrogen-bond donors (Lipinski definition) is 0. The number of nitro benzene ring substituents is 1. The van der Waals surface area contributed by atoms with Crippen LogP contribution in [0.15, 0.2) is 52.3 Å². The van der Waals surface area contributed by atoms with Crippen molar-refractivity contribution in [2.45, 2.75) is 44.9 Å². The van der Waals surface area contributed by atoms with E-state index in [1.165, 1.54) is 23.4 Å². The molecule has 0 aliphatic heterocycles. The van der Waals surface area contributed by atoms with Crippen molar-refractivity contribution in [1.29, 1.82) is 0 Å². The highest BCUT2D eigenvalue weighted by molar-refractivity contribution is 7.99. The van der Waals surface area contributed by atoms with Gasteiger partial charge >= 0.3 is 0 Å². The molecule has 0 fully saturated rings. The normalized spacial score (nSPS) is 9.14. The zero-order valence-corrected chi connectivity index (χ0v) is 13.0. The predicted molar refractivity (Wildman–Crippen MR) is 91.2 cm³/mol. The van der Waals surface area contributed by atoms with E-state index in [0.29, 0.717) is 4.90 Å². The van der Waals surface area contributed by atoms with Crippen molar-refractivity contribution in [2.75, 3.05) is 0 Å². The maximum absolute atomic E-state index is 10.9. The summed E-state index contributed by atoms with van der Waals surface area (Å²) in [6.45, 7) is 8.05. The van der Waals surface area contributed by atoms with Crippen molar-refractivity contribution in [2.24, 2.45) is 0 Å². The van der Waals surface area contributed by atoms with Crippen LogP contribution in [0.25, 0.3) is 0 Å². The molecule has 21 heavy (non-hydrogen) atoms. The highest BCUT2D eigenvalue weighted by Crippen LogP contribution is 2.36. The first kappa shape index (κ1) is 19.2. The van der Waals surface area contributed by atoms with E-state index < -0.39 is 0 Å². The van der Waals surface area contributed by atoms with E-state index >= 15 is 0 Å². The molecule has 0 N–H and O–H groups in total. The average molecular weight is 305 g/mol. The molecule has 2 aromatic rings. The smallest absolute Gasteiger partial charge is 0.258 e. The molecule has 114 valence electrons. The first-order valence-electron chi connectivity index (χ1n) is 6.56. The van der Waals surface area contributed by atoms with Gasteiger partial charge in [-0.25, -0.2) is 0 Å².